The molecule has 1 heterocycles. The van der Waals surface area contributed by atoms with Crippen molar-refractivity contribution in [1.82, 2.24) is 10.5 Å². The number of nitrogens with zero attached hydrogens (tertiary/aromatic N) is 1. The first-order valence-corrected chi connectivity index (χ1v) is 8.56. The van der Waals surface area contributed by atoms with Crippen molar-refractivity contribution in [3.05, 3.63) is 53.9 Å². The van der Waals surface area contributed by atoms with Gasteiger partial charge in [-0.3, -0.25) is 4.79 Å². The topological polar surface area (TPSA) is 82.8 Å². The third-order valence-corrected chi connectivity index (χ3v) is 4.02. The number of fused-ring (bicyclic) bond motifs is 1. The molecule has 7 heteroatoms. The number of aromatic nitrogens is 1. The van der Waals surface area contributed by atoms with Crippen LogP contribution in [0.3, 0.4) is 0 Å². The van der Waals surface area contributed by atoms with Gasteiger partial charge < -0.3 is 24.1 Å². The van der Waals surface area contributed by atoms with Gasteiger partial charge in [-0.25, -0.2) is 0 Å². The Bertz CT molecular complexity index is 922. The standard InChI is InChI=1S/C20H22N2O5/c1-13(11-24-2)21-20(23)17-10-14(27-22-17)12-26-19-9-8-18(25-3)15-6-4-5-7-16(15)19/h4-10,13H,11-12H2,1-3H3,(H,21,23)/t13-/m1/s1. The van der Waals surface area contributed by atoms with Gasteiger partial charge in [0.1, 0.15) is 18.1 Å². The molecule has 1 N–H and O–H groups in total. The average molecular weight is 370 g/mol. The maximum Gasteiger partial charge on any atom is 0.273 e. The van der Waals surface area contributed by atoms with Gasteiger partial charge in [0.15, 0.2) is 11.5 Å². The summed E-state index contributed by atoms with van der Waals surface area (Å²) < 4.78 is 21.5. The number of benzene rings is 2. The van der Waals surface area contributed by atoms with Gasteiger partial charge >= 0.3 is 0 Å². The Morgan fingerprint density at radius 1 is 1.15 bits per heavy atom. The maximum atomic E-state index is 12.1. The molecule has 3 aromatic rings. The molecule has 7 nitrogen and oxygen atoms in total. The lowest BCUT2D eigenvalue weighted by atomic mass is 10.1. The highest BCUT2D eigenvalue weighted by Gasteiger charge is 2.15. The summed E-state index contributed by atoms with van der Waals surface area (Å²) in [6.07, 6.45) is 0. The summed E-state index contributed by atoms with van der Waals surface area (Å²) in [5.74, 6) is 1.62. The van der Waals surface area contributed by atoms with Crippen molar-refractivity contribution < 1.29 is 23.5 Å². The predicted molar refractivity (Wildman–Crippen MR) is 100 cm³/mol. The van der Waals surface area contributed by atoms with Crippen LogP contribution in [-0.2, 0) is 11.3 Å². The van der Waals surface area contributed by atoms with Gasteiger partial charge in [-0.1, -0.05) is 29.4 Å². The van der Waals surface area contributed by atoms with Crippen LogP contribution in [0, 0.1) is 0 Å². The number of amides is 1. The Morgan fingerprint density at radius 3 is 2.56 bits per heavy atom. The zero-order chi connectivity index (χ0) is 19.2. The molecule has 0 aliphatic carbocycles. The molecular weight excluding hydrogens is 348 g/mol. The van der Waals surface area contributed by atoms with Crippen LogP contribution >= 0.6 is 0 Å². The fourth-order valence-electron chi connectivity index (χ4n) is 2.77. The Balaban J connectivity index is 1.69. The Kier molecular flexibility index (Phi) is 5.93. The summed E-state index contributed by atoms with van der Waals surface area (Å²) in [7, 11) is 3.22. The van der Waals surface area contributed by atoms with E-state index in [0.717, 1.165) is 16.5 Å². The Labute approximate surface area is 157 Å². The highest BCUT2D eigenvalue weighted by atomic mass is 16.5. The maximum absolute atomic E-state index is 12.1. The summed E-state index contributed by atoms with van der Waals surface area (Å²) in [5.41, 5.74) is 0.205. The lowest BCUT2D eigenvalue weighted by Crippen LogP contribution is -2.35. The Morgan fingerprint density at radius 2 is 1.85 bits per heavy atom. The molecule has 2 aromatic carbocycles. The number of nitrogens with one attached hydrogen (secondary N) is 1. The minimum Gasteiger partial charge on any atom is -0.496 e. The lowest BCUT2D eigenvalue weighted by molar-refractivity contribution is 0.0896. The van der Waals surface area contributed by atoms with E-state index in [-0.39, 0.29) is 24.2 Å². The molecule has 27 heavy (non-hydrogen) atoms. The number of hydrogen-bond donors (Lipinski definition) is 1. The molecule has 0 saturated carbocycles. The molecule has 0 fully saturated rings. The molecule has 0 saturated heterocycles. The lowest BCUT2D eigenvalue weighted by Gasteiger charge is -2.11. The SMILES string of the molecule is COC[C@@H](C)NC(=O)c1cc(COc2ccc(OC)c3ccccc23)on1. The van der Waals surface area contributed by atoms with Crippen LogP contribution in [0.4, 0.5) is 0 Å². The van der Waals surface area contributed by atoms with E-state index >= 15 is 0 Å². The molecule has 142 valence electrons. The molecule has 1 atom stereocenters. The zero-order valence-electron chi connectivity index (χ0n) is 15.5. The van der Waals surface area contributed by atoms with Crippen LogP contribution in [0.15, 0.2) is 47.0 Å². The van der Waals surface area contributed by atoms with E-state index in [1.165, 1.54) is 0 Å². The molecule has 1 aromatic heterocycles. The van der Waals surface area contributed by atoms with Crippen molar-refractivity contribution in [2.24, 2.45) is 0 Å². The van der Waals surface area contributed by atoms with Crippen molar-refractivity contribution in [2.75, 3.05) is 20.8 Å². The van der Waals surface area contributed by atoms with Gasteiger partial charge in [0.05, 0.1) is 13.7 Å². The van der Waals surface area contributed by atoms with Crippen LogP contribution in [0.5, 0.6) is 11.5 Å². The average Bonchev–Trinajstić information content (AvgIpc) is 3.15. The second-order valence-electron chi connectivity index (χ2n) is 6.11. The smallest absolute Gasteiger partial charge is 0.273 e. The highest BCUT2D eigenvalue weighted by molar-refractivity contribution is 5.93. The van der Waals surface area contributed by atoms with Gasteiger partial charge in [0, 0.05) is 30.0 Å². The number of methoxy groups -OCH3 is 2. The van der Waals surface area contributed by atoms with Crippen molar-refractivity contribution in [3.8, 4) is 11.5 Å². The minimum atomic E-state index is -0.315. The molecule has 0 aliphatic heterocycles. The summed E-state index contributed by atoms with van der Waals surface area (Å²) >= 11 is 0. The number of ether oxygens (including phenoxy) is 3. The summed E-state index contributed by atoms with van der Waals surface area (Å²) in [5, 5.41) is 8.48. The van der Waals surface area contributed by atoms with Gasteiger partial charge in [-0.05, 0) is 19.1 Å². The number of carbonyl (C=O) groups is 1. The van der Waals surface area contributed by atoms with Crippen LogP contribution in [0.1, 0.15) is 23.2 Å². The molecule has 0 bridgehead atoms. The van der Waals surface area contributed by atoms with Crippen LogP contribution in [0.25, 0.3) is 10.8 Å². The van der Waals surface area contributed by atoms with Gasteiger partial charge in [-0.15, -0.1) is 0 Å². The number of rotatable bonds is 8. The second kappa shape index (κ2) is 8.55. The monoisotopic (exact) mass is 370 g/mol. The molecule has 1 amide bonds. The first-order chi connectivity index (χ1) is 13.1. The summed E-state index contributed by atoms with van der Waals surface area (Å²) in [6.45, 7) is 2.43. The minimum absolute atomic E-state index is 0.121. The van der Waals surface area contributed by atoms with Crippen LogP contribution in [0.2, 0.25) is 0 Å². The van der Waals surface area contributed by atoms with Gasteiger partial charge in [0.25, 0.3) is 5.91 Å². The van der Waals surface area contributed by atoms with Gasteiger partial charge in [0.2, 0.25) is 0 Å². The van der Waals surface area contributed by atoms with Gasteiger partial charge in [-0.2, -0.15) is 0 Å². The largest absolute Gasteiger partial charge is 0.496 e. The summed E-state index contributed by atoms with van der Waals surface area (Å²) in [6, 6.07) is 13.0. The fourth-order valence-corrected chi connectivity index (χ4v) is 2.77. The van der Waals surface area contributed by atoms with Crippen molar-refractivity contribution in [2.45, 2.75) is 19.6 Å². The predicted octanol–water partition coefficient (Wildman–Crippen LogP) is 3.18. The highest BCUT2D eigenvalue weighted by Crippen LogP contribution is 2.33. The van der Waals surface area contributed by atoms with Crippen molar-refractivity contribution >= 4 is 16.7 Å². The zero-order valence-corrected chi connectivity index (χ0v) is 15.5. The van der Waals surface area contributed by atoms with E-state index in [9.17, 15) is 4.79 Å². The van der Waals surface area contributed by atoms with Crippen LogP contribution in [-0.4, -0.2) is 37.9 Å². The second-order valence-corrected chi connectivity index (χ2v) is 6.11. The molecule has 3 rings (SSSR count). The van der Waals surface area contributed by atoms with Crippen LogP contribution < -0.4 is 14.8 Å². The number of hydrogen-bond acceptors (Lipinski definition) is 6. The normalized spacial score (nSPS) is 12.0. The molecule has 0 spiro atoms. The molecular formula is C20H22N2O5. The number of carbonyl (C=O) groups excluding carboxylic acids is 1. The van der Waals surface area contributed by atoms with E-state index < -0.39 is 0 Å². The third kappa shape index (κ3) is 4.38. The molecule has 0 aliphatic rings. The molecule has 0 unspecified atom stereocenters. The quantitative estimate of drug-likeness (QED) is 0.656. The first kappa shape index (κ1) is 18.7. The van der Waals surface area contributed by atoms with E-state index in [1.54, 1.807) is 20.3 Å². The van der Waals surface area contributed by atoms with Crippen molar-refractivity contribution in [3.63, 3.8) is 0 Å². The third-order valence-electron chi connectivity index (χ3n) is 4.02. The van der Waals surface area contributed by atoms with E-state index in [4.69, 9.17) is 18.7 Å². The fraction of sp³-hybridized carbons (Fsp3) is 0.300. The van der Waals surface area contributed by atoms with E-state index in [1.807, 2.05) is 43.3 Å². The summed E-state index contributed by atoms with van der Waals surface area (Å²) in [4.78, 5) is 12.1. The van der Waals surface area contributed by atoms with Crippen molar-refractivity contribution in [1.29, 1.82) is 0 Å². The first-order valence-electron chi connectivity index (χ1n) is 8.56. The Hall–Kier alpha value is -3.06. The molecule has 0 radical (unpaired) electrons. The van der Waals surface area contributed by atoms with E-state index in [2.05, 4.69) is 10.5 Å². The van der Waals surface area contributed by atoms with E-state index in [0.29, 0.717) is 18.1 Å².